The molecule has 0 radical (unpaired) electrons. The Morgan fingerprint density at radius 1 is 1.07 bits per heavy atom. The smallest absolute Gasteiger partial charge is 0.340 e. The van der Waals surface area contributed by atoms with E-state index >= 15 is 0 Å². The molecule has 2 atom stereocenters. The highest BCUT2D eigenvalue weighted by Gasteiger charge is 2.27. The molecule has 0 spiro atoms. The van der Waals surface area contributed by atoms with Crippen LogP contribution in [0.5, 0.6) is 5.75 Å². The Morgan fingerprint density at radius 3 is 2.20 bits per heavy atom. The number of aromatic nitrogens is 1. The minimum atomic E-state index is -1.44. The van der Waals surface area contributed by atoms with Crippen molar-refractivity contribution in [1.82, 2.24) is 0 Å². The third-order valence-corrected chi connectivity index (χ3v) is 4.33. The Labute approximate surface area is 171 Å². The number of phenolic OH excluding ortho intramolecular Hbond substituents is 1. The van der Waals surface area contributed by atoms with Crippen molar-refractivity contribution in [2.75, 3.05) is 10.6 Å². The summed E-state index contributed by atoms with van der Waals surface area (Å²) in [5, 5.41) is 48.7. The minimum absolute atomic E-state index is 0.00384. The first-order valence-corrected chi connectivity index (χ1v) is 9.02. The van der Waals surface area contributed by atoms with Gasteiger partial charge in [-0.25, -0.2) is 4.98 Å². The third-order valence-electron chi connectivity index (χ3n) is 4.33. The number of nitro groups is 1. The second kappa shape index (κ2) is 9.54. The lowest BCUT2D eigenvalue weighted by Gasteiger charge is -2.21. The summed E-state index contributed by atoms with van der Waals surface area (Å²) in [7, 11) is 0. The number of anilines is 2. The fourth-order valence-corrected chi connectivity index (χ4v) is 2.73. The van der Waals surface area contributed by atoms with Crippen LogP contribution in [-0.4, -0.2) is 34.1 Å². The first kappa shape index (κ1) is 22.4. The molecule has 0 aliphatic heterocycles. The largest absolute Gasteiger partial charge is 0.546 e. The van der Waals surface area contributed by atoms with Crippen LogP contribution in [0.3, 0.4) is 0 Å². The number of aromatic hydroxyl groups is 1. The van der Waals surface area contributed by atoms with Crippen LogP contribution >= 0.6 is 0 Å². The number of aromatic amines is 1. The lowest BCUT2D eigenvalue weighted by Crippen LogP contribution is -2.46. The van der Waals surface area contributed by atoms with E-state index in [-0.39, 0.29) is 23.8 Å². The standard InChI is InChI=1S/C19H22N4O7/c1-10(2)16(19(27)28)22-17-14(23(29)30)7-8-15(21-17)20-13(18(25)26)9-11-3-5-12(24)6-4-11/h3-8,10,13,16,24H,9H2,1-2H3,(H,25,26)(H,27,28)(H2,20,21,22)/p-1/t13-,16+/m0/s1. The van der Waals surface area contributed by atoms with Crippen molar-refractivity contribution >= 4 is 29.3 Å². The molecule has 11 heteroatoms. The van der Waals surface area contributed by atoms with Crippen LogP contribution in [0.1, 0.15) is 19.4 Å². The van der Waals surface area contributed by atoms with Crippen LogP contribution in [-0.2, 0) is 16.0 Å². The number of rotatable bonds is 10. The number of nitrogens with zero attached hydrogens (tertiary/aromatic N) is 1. The topological polar surface area (TPSA) is 182 Å². The van der Waals surface area contributed by atoms with Crippen molar-refractivity contribution in [2.24, 2.45) is 5.92 Å². The van der Waals surface area contributed by atoms with E-state index in [0.29, 0.717) is 5.56 Å². The molecular formula is C19H21N4O7-. The monoisotopic (exact) mass is 417 g/mol. The van der Waals surface area contributed by atoms with Gasteiger partial charge in [0.25, 0.3) is 5.82 Å². The number of aliphatic carboxylic acids is 2. The van der Waals surface area contributed by atoms with E-state index in [4.69, 9.17) is 0 Å². The van der Waals surface area contributed by atoms with Gasteiger partial charge in [-0.2, -0.15) is 0 Å². The molecule has 2 rings (SSSR count). The summed E-state index contributed by atoms with van der Waals surface area (Å²) in [4.78, 5) is 36.1. The lowest BCUT2D eigenvalue weighted by atomic mass is 10.0. The SMILES string of the molecule is CC(C)[C@@H](Nc1[nH+]c(N[C@@H](Cc2ccc(O)cc2)C(=O)[O-])ccc1[N+](=O)[O-])C(=O)[O-]. The molecule has 0 saturated carbocycles. The number of H-pyrrole nitrogens is 1. The highest BCUT2D eigenvalue weighted by Crippen LogP contribution is 2.23. The molecule has 0 saturated heterocycles. The van der Waals surface area contributed by atoms with E-state index in [1.54, 1.807) is 26.0 Å². The average Bonchev–Trinajstić information content (AvgIpc) is 2.66. The fraction of sp³-hybridized carbons (Fsp3) is 0.316. The van der Waals surface area contributed by atoms with Gasteiger partial charge in [0.15, 0.2) is 0 Å². The van der Waals surface area contributed by atoms with Crippen LogP contribution in [0.2, 0.25) is 0 Å². The van der Waals surface area contributed by atoms with Gasteiger partial charge < -0.3 is 24.9 Å². The number of carbonyl (C=O) groups is 2. The fourth-order valence-electron chi connectivity index (χ4n) is 2.73. The molecule has 160 valence electrons. The summed E-state index contributed by atoms with van der Waals surface area (Å²) in [6.45, 7) is 3.20. The van der Waals surface area contributed by atoms with Gasteiger partial charge in [0.2, 0.25) is 5.82 Å². The molecule has 2 aromatic rings. The molecule has 11 nitrogen and oxygen atoms in total. The molecule has 1 aromatic carbocycles. The van der Waals surface area contributed by atoms with Crippen molar-refractivity contribution in [2.45, 2.75) is 32.4 Å². The average molecular weight is 417 g/mol. The summed E-state index contributed by atoms with van der Waals surface area (Å²) in [6.07, 6.45) is 0.00384. The highest BCUT2D eigenvalue weighted by atomic mass is 16.6. The van der Waals surface area contributed by atoms with Gasteiger partial charge in [0.1, 0.15) is 17.8 Å². The second-order valence-electron chi connectivity index (χ2n) is 6.96. The summed E-state index contributed by atoms with van der Waals surface area (Å²) < 4.78 is 0. The molecule has 0 unspecified atom stereocenters. The number of carboxylic acids is 2. The van der Waals surface area contributed by atoms with Crippen molar-refractivity contribution in [3.8, 4) is 5.75 Å². The Balaban J connectivity index is 2.30. The second-order valence-corrected chi connectivity index (χ2v) is 6.96. The lowest BCUT2D eigenvalue weighted by molar-refractivity contribution is -0.405. The summed E-state index contributed by atoms with van der Waals surface area (Å²) in [6, 6.07) is 5.87. The zero-order chi connectivity index (χ0) is 22.4. The van der Waals surface area contributed by atoms with Crippen LogP contribution in [0, 0.1) is 16.0 Å². The van der Waals surface area contributed by atoms with Crippen LogP contribution in [0.15, 0.2) is 36.4 Å². The van der Waals surface area contributed by atoms with Crippen molar-refractivity contribution in [3.63, 3.8) is 0 Å². The van der Waals surface area contributed by atoms with Crippen molar-refractivity contribution in [3.05, 3.63) is 52.1 Å². The van der Waals surface area contributed by atoms with Gasteiger partial charge in [0, 0.05) is 18.6 Å². The molecule has 1 aromatic heterocycles. The molecule has 0 amide bonds. The van der Waals surface area contributed by atoms with E-state index in [1.807, 2.05) is 0 Å². The van der Waals surface area contributed by atoms with Gasteiger partial charge in [0.05, 0.1) is 16.9 Å². The van der Waals surface area contributed by atoms with Crippen LogP contribution in [0.25, 0.3) is 0 Å². The Hall–Kier alpha value is -3.89. The number of carboxylic acid groups (broad SMARTS) is 2. The molecule has 0 aliphatic rings. The minimum Gasteiger partial charge on any atom is -0.546 e. The predicted molar refractivity (Wildman–Crippen MR) is 101 cm³/mol. The highest BCUT2D eigenvalue weighted by molar-refractivity contribution is 5.77. The number of benzene rings is 1. The molecule has 4 N–H and O–H groups in total. The van der Waals surface area contributed by atoms with E-state index in [2.05, 4.69) is 15.6 Å². The zero-order valence-corrected chi connectivity index (χ0v) is 16.2. The molecule has 30 heavy (non-hydrogen) atoms. The Kier molecular flexibility index (Phi) is 7.13. The van der Waals surface area contributed by atoms with Gasteiger partial charge in [-0.15, -0.1) is 0 Å². The summed E-state index contributed by atoms with van der Waals surface area (Å²) in [5.74, 6) is -3.38. The molecule has 0 bridgehead atoms. The maximum absolute atomic E-state index is 11.5. The van der Waals surface area contributed by atoms with Crippen molar-refractivity contribution < 1.29 is 34.8 Å². The number of carbonyl (C=O) groups excluding carboxylic acids is 2. The Bertz CT molecular complexity index is 931. The van der Waals surface area contributed by atoms with E-state index in [1.165, 1.54) is 18.2 Å². The molecule has 1 heterocycles. The summed E-state index contributed by atoms with van der Waals surface area (Å²) >= 11 is 0. The number of nitrogens with one attached hydrogen (secondary N) is 3. The zero-order valence-electron chi connectivity index (χ0n) is 16.2. The quantitative estimate of drug-likeness (QED) is 0.325. The Morgan fingerprint density at radius 2 is 1.70 bits per heavy atom. The maximum atomic E-state index is 11.5. The maximum Gasteiger partial charge on any atom is 0.340 e. The van der Waals surface area contributed by atoms with E-state index in [0.717, 1.165) is 6.07 Å². The number of phenols is 1. The molecule has 0 fully saturated rings. The molecule has 0 aliphatic carbocycles. The van der Waals surface area contributed by atoms with Gasteiger partial charge in [-0.3, -0.25) is 20.7 Å². The van der Waals surface area contributed by atoms with Gasteiger partial charge >= 0.3 is 5.69 Å². The first-order valence-electron chi connectivity index (χ1n) is 9.02. The first-order chi connectivity index (χ1) is 14.1. The number of pyridine rings is 1. The predicted octanol–water partition coefficient (Wildman–Crippen LogP) is -0.926. The normalized spacial score (nSPS) is 12.8. The van der Waals surface area contributed by atoms with Gasteiger partial charge in [-0.05, 0) is 23.6 Å². The van der Waals surface area contributed by atoms with Crippen LogP contribution < -0.4 is 25.8 Å². The summed E-state index contributed by atoms with van der Waals surface area (Å²) in [5.41, 5.74) is 0.183. The number of hydrogen-bond donors (Lipinski definition) is 3. The van der Waals surface area contributed by atoms with E-state index in [9.17, 15) is 35.0 Å². The van der Waals surface area contributed by atoms with E-state index < -0.39 is 40.6 Å². The number of hydrogen-bond acceptors (Lipinski definition) is 9. The van der Waals surface area contributed by atoms with Gasteiger partial charge in [-0.1, -0.05) is 26.0 Å². The van der Waals surface area contributed by atoms with Crippen LogP contribution in [0.4, 0.5) is 17.3 Å². The van der Waals surface area contributed by atoms with Crippen molar-refractivity contribution in [1.29, 1.82) is 0 Å². The third kappa shape index (κ3) is 5.80. The molecular weight excluding hydrogens is 396 g/mol.